The topological polar surface area (TPSA) is 95.2 Å². The average molecular weight is 541 g/mol. The molecule has 0 fully saturated rings. The molecule has 0 aromatic carbocycles. The van der Waals surface area contributed by atoms with Crippen molar-refractivity contribution in [3.8, 4) is 42.0 Å². The second-order valence-electron chi connectivity index (χ2n) is 5.13. The van der Waals surface area contributed by atoms with E-state index in [1.54, 1.807) is 12.2 Å². The molecule has 0 amide bonds. The molecule has 0 N–H and O–H groups in total. The predicted octanol–water partition coefficient (Wildman–Crippen LogP) is 3.05. The van der Waals surface area contributed by atoms with Crippen LogP contribution in [0.3, 0.4) is 0 Å². The van der Waals surface area contributed by atoms with E-state index in [1.165, 1.54) is 17.7 Å². The van der Waals surface area contributed by atoms with E-state index in [0.29, 0.717) is 0 Å². The van der Waals surface area contributed by atoms with Gasteiger partial charge in [0.1, 0.15) is 0 Å². The Kier molecular flexibility index (Phi) is 6.32. The van der Waals surface area contributed by atoms with Crippen LogP contribution in [0, 0.1) is 45.3 Å². The molecule has 0 saturated carbocycles. The van der Waals surface area contributed by atoms with Gasteiger partial charge in [0.15, 0.2) is 0 Å². The Labute approximate surface area is 174 Å². The fraction of sp³-hybridized carbons (Fsp3) is 0. The van der Waals surface area contributed by atoms with Crippen molar-refractivity contribution >= 4 is 55.7 Å². The molecule has 7 heteroatoms. The van der Waals surface area contributed by atoms with Crippen LogP contribution in [-0.2, 0) is 0 Å². The summed E-state index contributed by atoms with van der Waals surface area (Å²) in [4.78, 5) is 0. The standard InChI is InChI=1S/C20H8N4Se3/c21-9-13(10-22)7-15-1-3-17(25-15)19-5-6-20(27-19)18-4-2-16(26-18)8-14(11-23)12-24/h1-8H. The first-order valence-electron chi connectivity index (χ1n) is 7.51. The normalized spacial score (nSPS) is 9.33. The van der Waals surface area contributed by atoms with Crippen LogP contribution >= 0.6 is 0 Å². The van der Waals surface area contributed by atoms with Crippen LogP contribution in [0.2, 0.25) is 0 Å². The van der Waals surface area contributed by atoms with E-state index in [0.717, 1.165) is 8.87 Å². The van der Waals surface area contributed by atoms with Crippen LogP contribution < -0.4 is 0 Å². The summed E-state index contributed by atoms with van der Waals surface area (Å²) < 4.78 is 7.35. The van der Waals surface area contributed by atoms with Crippen molar-refractivity contribution < 1.29 is 0 Å². The van der Waals surface area contributed by atoms with Gasteiger partial charge >= 0.3 is 175 Å². The fourth-order valence-corrected chi connectivity index (χ4v) is 9.44. The van der Waals surface area contributed by atoms with Gasteiger partial charge < -0.3 is 0 Å². The van der Waals surface area contributed by atoms with E-state index in [1.807, 2.05) is 36.4 Å². The van der Waals surface area contributed by atoms with E-state index < -0.39 is 0 Å². The summed E-state index contributed by atoms with van der Waals surface area (Å²) in [6.45, 7) is 0. The Morgan fingerprint density at radius 2 is 0.889 bits per heavy atom. The molecule has 27 heavy (non-hydrogen) atoms. The summed E-state index contributed by atoms with van der Waals surface area (Å²) in [5, 5.41) is 35.5. The van der Waals surface area contributed by atoms with Gasteiger partial charge in [0.25, 0.3) is 0 Å². The third-order valence-corrected chi connectivity index (χ3v) is 11.6. The van der Waals surface area contributed by atoms with Crippen molar-refractivity contribution in [2.75, 3.05) is 0 Å². The van der Waals surface area contributed by atoms with E-state index >= 15 is 0 Å². The van der Waals surface area contributed by atoms with Crippen molar-refractivity contribution in [3.63, 3.8) is 0 Å². The van der Waals surface area contributed by atoms with Crippen molar-refractivity contribution in [1.82, 2.24) is 0 Å². The maximum atomic E-state index is 8.88. The zero-order valence-corrected chi connectivity index (χ0v) is 18.8. The zero-order valence-electron chi connectivity index (χ0n) is 13.6. The van der Waals surface area contributed by atoms with Crippen molar-refractivity contribution in [1.29, 1.82) is 21.0 Å². The average Bonchev–Trinajstić information content (AvgIpc) is 3.44. The molecule has 0 unspecified atom stereocenters. The van der Waals surface area contributed by atoms with Gasteiger partial charge in [-0.2, -0.15) is 0 Å². The van der Waals surface area contributed by atoms with Crippen molar-refractivity contribution in [3.05, 3.63) is 56.4 Å². The molecule has 0 aliphatic heterocycles. The molecule has 0 spiro atoms. The molecular formula is C20H8N4Se3. The summed E-state index contributed by atoms with van der Waals surface area (Å²) in [5.41, 5.74) is 0.282. The summed E-state index contributed by atoms with van der Waals surface area (Å²) in [6, 6.07) is 20.1. The molecule has 0 saturated heterocycles. The SMILES string of the molecule is N#CC(C#N)=Cc1ccc(-c2ccc(-c3ccc(C=C(C#N)C#N)[se]3)[se]2)[se]1. The second kappa shape index (κ2) is 8.89. The van der Waals surface area contributed by atoms with Crippen LogP contribution in [0.15, 0.2) is 47.5 Å². The van der Waals surface area contributed by atoms with Gasteiger partial charge in [-0.15, -0.1) is 0 Å². The van der Waals surface area contributed by atoms with Crippen LogP contribution in [0.5, 0.6) is 0 Å². The van der Waals surface area contributed by atoms with Crippen molar-refractivity contribution in [2.24, 2.45) is 0 Å². The number of rotatable bonds is 4. The molecule has 126 valence electrons. The number of hydrogen-bond acceptors (Lipinski definition) is 4. The Bertz CT molecular complexity index is 1100. The minimum atomic E-state index is 0.117. The van der Waals surface area contributed by atoms with Gasteiger partial charge in [0.2, 0.25) is 0 Å². The Morgan fingerprint density at radius 3 is 1.26 bits per heavy atom. The molecule has 0 atom stereocenters. The zero-order chi connectivity index (χ0) is 19.2. The molecule has 3 aromatic heterocycles. The molecule has 3 aromatic rings. The third kappa shape index (κ3) is 4.59. The number of allylic oxidation sites excluding steroid dienone is 2. The summed E-state index contributed by atoms with van der Waals surface area (Å²) >= 11 is 0.457. The van der Waals surface area contributed by atoms with Gasteiger partial charge in [-0.1, -0.05) is 0 Å². The first-order valence-corrected chi connectivity index (χ1v) is 12.6. The van der Waals surface area contributed by atoms with E-state index in [2.05, 4.69) is 24.3 Å². The van der Waals surface area contributed by atoms with Gasteiger partial charge in [-0.3, -0.25) is 0 Å². The minimum absolute atomic E-state index is 0.117. The van der Waals surface area contributed by atoms with Gasteiger partial charge in [0.05, 0.1) is 0 Å². The fourth-order valence-electron chi connectivity index (χ4n) is 2.19. The summed E-state index contributed by atoms with van der Waals surface area (Å²) in [5.74, 6) is 0. The monoisotopic (exact) mass is 544 g/mol. The molecule has 0 bridgehead atoms. The summed E-state index contributed by atoms with van der Waals surface area (Å²) in [6.07, 6.45) is 3.35. The molecule has 4 nitrogen and oxygen atoms in total. The van der Waals surface area contributed by atoms with E-state index in [9.17, 15) is 0 Å². The van der Waals surface area contributed by atoms with Gasteiger partial charge in [-0.25, -0.2) is 0 Å². The van der Waals surface area contributed by atoms with Crippen LogP contribution in [0.1, 0.15) is 8.87 Å². The summed E-state index contributed by atoms with van der Waals surface area (Å²) in [7, 11) is 0. The Balaban J connectivity index is 1.85. The Morgan fingerprint density at radius 1 is 0.556 bits per heavy atom. The molecular weight excluding hydrogens is 533 g/mol. The predicted molar refractivity (Wildman–Crippen MR) is 107 cm³/mol. The first-order chi connectivity index (χ1) is 13.2. The first kappa shape index (κ1) is 19.2. The van der Waals surface area contributed by atoms with Crippen molar-refractivity contribution in [2.45, 2.75) is 0 Å². The van der Waals surface area contributed by atoms with Crippen LogP contribution in [-0.4, -0.2) is 43.5 Å². The van der Waals surface area contributed by atoms with E-state index in [-0.39, 0.29) is 54.7 Å². The molecule has 0 radical (unpaired) electrons. The quantitative estimate of drug-likeness (QED) is 0.375. The number of nitrogens with zero attached hydrogens (tertiary/aromatic N) is 4. The molecule has 3 rings (SSSR count). The number of nitriles is 4. The van der Waals surface area contributed by atoms with Crippen LogP contribution in [0.25, 0.3) is 29.9 Å². The molecule has 3 heterocycles. The van der Waals surface area contributed by atoms with E-state index in [4.69, 9.17) is 21.0 Å². The Hall–Kier alpha value is -2.56. The third-order valence-electron chi connectivity index (χ3n) is 3.40. The van der Waals surface area contributed by atoms with Crippen LogP contribution in [0.4, 0.5) is 0 Å². The van der Waals surface area contributed by atoms with Gasteiger partial charge in [0, 0.05) is 0 Å². The second-order valence-corrected chi connectivity index (χ2v) is 12.1. The molecule has 0 aliphatic carbocycles. The van der Waals surface area contributed by atoms with Gasteiger partial charge in [-0.05, 0) is 0 Å². The number of hydrogen-bond donors (Lipinski definition) is 0. The maximum absolute atomic E-state index is 8.88. The molecule has 0 aliphatic rings.